The van der Waals surface area contributed by atoms with Gasteiger partial charge >= 0.3 is 0 Å². The Morgan fingerprint density at radius 1 is 1.10 bits per heavy atom. The number of para-hydroxylation sites is 2. The molecular formula is C17H19NO3. The Balaban J connectivity index is 1.81. The van der Waals surface area contributed by atoms with Gasteiger partial charge in [-0.2, -0.15) is 0 Å². The van der Waals surface area contributed by atoms with Crippen LogP contribution < -0.4 is 14.8 Å². The van der Waals surface area contributed by atoms with Crippen molar-refractivity contribution in [2.24, 2.45) is 0 Å². The van der Waals surface area contributed by atoms with E-state index < -0.39 is 0 Å². The first-order valence-corrected chi connectivity index (χ1v) is 6.81. The number of rotatable bonds is 6. The van der Waals surface area contributed by atoms with Gasteiger partial charge in [-0.1, -0.05) is 29.8 Å². The van der Waals surface area contributed by atoms with Crippen molar-refractivity contribution in [1.82, 2.24) is 0 Å². The highest BCUT2D eigenvalue weighted by Crippen LogP contribution is 2.23. The molecule has 0 aliphatic heterocycles. The Labute approximate surface area is 124 Å². The van der Waals surface area contributed by atoms with Crippen molar-refractivity contribution in [2.75, 3.05) is 19.0 Å². The van der Waals surface area contributed by atoms with Crippen molar-refractivity contribution < 1.29 is 14.3 Å². The van der Waals surface area contributed by atoms with Gasteiger partial charge in [-0.15, -0.1) is 0 Å². The predicted octanol–water partition coefficient (Wildman–Crippen LogP) is 3.41. The van der Waals surface area contributed by atoms with Gasteiger partial charge in [0.05, 0.1) is 25.8 Å². The molecule has 0 fully saturated rings. The molecule has 21 heavy (non-hydrogen) atoms. The maximum absolute atomic E-state index is 11.9. The van der Waals surface area contributed by atoms with E-state index in [1.54, 1.807) is 19.2 Å². The van der Waals surface area contributed by atoms with Crippen molar-refractivity contribution in [2.45, 2.75) is 13.3 Å². The third-order valence-corrected chi connectivity index (χ3v) is 3.00. The van der Waals surface area contributed by atoms with Gasteiger partial charge in [0, 0.05) is 0 Å². The van der Waals surface area contributed by atoms with Gasteiger partial charge in [-0.3, -0.25) is 4.79 Å². The normalized spacial score (nSPS) is 10.0. The van der Waals surface area contributed by atoms with Gasteiger partial charge in [0.2, 0.25) is 5.91 Å². The summed E-state index contributed by atoms with van der Waals surface area (Å²) >= 11 is 0. The number of benzene rings is 2. The van der Waals surface area contributed by atoms with Crippen LogP contribution in [0.5, 0.6) is 11.5 Å². The number of methoxy groups -OCH3 is 1. The summed E-state index contributed by atoms with van der Waals surface area (Å²) < 4.78 is 10.7. The maximum Gasteiger partial charge on any atom is 0.227 e. The highest BCUT2D eigenvalue weighted by atomic mass is 16.5. The van der Waals surface area contributed by atoms with Gasteiger partial charge in [-0.25, -0.2) is 0 Å². The van der Waals surface area contributed by atoms with Crippen LogP contribution in [0.4, 0.5) is 5.69 Å². The molecule has 0 aliphatic carbocycles. The molecule has 0 spiro atoms. The molecule has 2 aromatic carbocycles. The van der Waals surface area contributed by atoms with E-state index in [1.165, 1.54) is 5.56 Å². The molecule has 4 heteroatoms. The molecule has 0 saturated carbocycles. The van der Waals surface area contributed by atoms with Crippen molar-refractivity contribution >= 4 is 11.6 Å². The molecule has 0 atom stereocenters. The lowest BCUT2D eigenvalue weighted by Crippen LogP contribution is -2.15. The second-order valence-corrected chi connectivity index (χ2v) is 4.66. The molecule has 110 valence electrons. The number of hydrogen-bond donors (Lipinski definition) is 1. The maximum atomic E-state index is 11.9. The van der Waals surface area contributed by atoms with E-state index in [0.29, 0.717) is 18.0 Å². The van der Waals surface area contributed by atoms with Crippen LogP contribution in [0.1, 0.15) is 12.0 Å². The largest absolute Gasteiger partial charge is 0.495 e. The third-order valence-electron chi connectivity index (χ3n) is 3.00. The van der Waals surface area contributed by atoms with Crippen LogP contribution >= 0.6 is 0 Å². The number of carbonyl (C=O) groups is 1. The summed E-state index contributed by atoms with van der Waals surface area (Å²) in [6, 6.07) is 15.1. The smallest absolute Gasteiger partial charge is 0.227 e. The van der Waals surface area contributed by atoms with Crippen molar-refractivity contribution in [3.8, 4) is 11.5 Å². The molecule has 0 aromatic heterocycles. The van der Waals surface area contributed by atoms with Gasteiger partial charge in [0.25, 0.3) is 0 Å². The van der Waals surface area contributed by atoms with Crippen LogP contribution in [-0.2, 0) is 4.79 Å². The predicted molar refractivity (Wildman–Crippen MR) is 82.9 cm³/mol. The molecule has 0 bridgehead atoms. The average Bonchev–Trinajstić information content (AvgIpc) is 2.50. The zero-order valence-corrected chi connectivity index (χ0v) is 12.3. The summed E-state index contributed by atoms with van der Waals surface area (Å²) in [5.74, 6) is 1.31. The number of amides is 1. The average molecular weight is 285 g/mol. The summed E-state index contributed by atoms with van der Waals surface area (Å²) in [5.41, 5.74) is 1.84. The van der Waals surface area contributed by atoms with Gasteiger partial charge in [0.15, 0.2) is 0 Å². The van der Waals surface area contributed by atoms with Crippen molar-refractivity contribution in [3.63, 3.8) is 0 Å². The first kappa shape index (κ1) is 14.9. The summed E-state index contributed by atoms with van der Waals surface area (Å²) in [6.07, 6.45) is 0.284. The molecule has 2 aromatic rings. The lowest BCUT2D eigenvalue weighted by Gasteiger charge is -2.10. The van der Waals surface area contributed by atoms with Crippen LogP contribution in [0.25, 0.3) is 0 Å². The molecule has 0 unspecified atom stereocenters. The van der Waals surface area contributed by atoms with Gasteiger partial charge in [-0.05, 0) is 31.2 Å². The molecule has 4 nitrogen and oxygen atoms in total. The molecule has 2 rings (SSSR count). The fraction of sp³-hybridized carbons (Fsp3) is 0.235. The first-order chi connectivity index (χ1) is 10.2. The highest BCUT2D eigenvalue weighted by Gasteiger charge is 2.06. The fourth-order valence-electron chi connectivity index (χ4n) is 1.86. The van der Waals surface area contributed by atoms with E-state index in [0.717, 1.165) is 5.75 Å². The Morgan fingerprint density at radius 2 is 1.81 bits per heavy atom. The Bertz CT molecular complexity index is 593. The summed E-state index contributed by atoms with van der Waals surface area (Å²) in [5, 5.41) is 2.81. The Morgan fingerprint density at radius 3 is 2.52 bits per heavy atom. The summed E-state index contributed by atoms with van der Waals surface area (Å²) in [4.78, 5) is 11.9. The van der Waals surface area contributed by atoms with Crippen molar-refractivity contribution in [3.05, 3.63) is 54.1 Å². The zero-order chi connectivity index (χ0) is 15.1. The van der Waals surface area contributed by atoms with E-state index in [1.807, 2.05) is 43.3 Å². The lowest BCUT2D eigenvalue weighted by atomic mass is 10.2. The quantitative estimate of drug-likeness (QED) is 0.884. The molecule has 0 aliphatic rings. The van der Waals surface area contributed by atoms with E-state index in [9.17, 15) is 4.79 Å². The Hall–Kier alpha value is -2.49. The second-order valence-electron chi connectivity index (χ2n) is 4.66. The monoisotopic (exact) mass is 285 g/mol. The number of hydrogen-bond acceptors (Lipinski definition) is 3. The van der Waals surface area contributed by atoms with Crippen LogP contribution in [-0.4, -0.2) is 19.6 Å². The van der Waals surface area contributed by atoms with Crippen LogP contribution in [0.3, 0.4) is 0 Å². The first-order valence-electron chi connectivity index (χ1n) is 6.81. The minimum absolute atomic E-state index is 0.105. The van der Waals surface area contributed by atoms with Crippen molar-refractivity contribution in [1.29, 1.82) is 0 Å². The second kappa shape index (κ2) is 7.33. The van der Waals surface area contributed by atoms with Crippen LogP contribution in [0.15, 0.2) is 48.5 Å². The topological polar surface area (TPSA) is 47.6 Å². The highest BCUT2D eigenvalue weighted by molar-refractivity contribution is 5.92. The van der Waals surface area contributed by atoms with Crippen LogP contribution in [0.2, 0.25) is 0 Å². The number of ether oxygens (including phenoxy) is 2. The molecule has 1 N–H and O–H groups in total. The summed E-state index contributed by atoms with van der Waals surface area (Å²) in [7, 11) is 1.57. The number of aryl methyl sites for hydroxylation is 1. The van der Waals surface area contributed by atoms with Crippen LogP contribution in [0, 0.1) is 6.92 Å². The molecular weight excluding hydrogens is 266 g/mol. The minimum Gasteiger partial charge on any atom is -0.495 e. The van der Waals surface area contributed by atoms with E-state index in [2.05, 4.69) is 5.32 Å². The van der Waals surface area contributed by atoms with E-state index in [4.69, 9.17) is 9.47 Å². The summed E-state index contributed by atoms with van der Waals surface area (Å²) in [6.45, 7) is 2.36. The van der Waals surface area contributed by atoms with E-state index in [-0.39, 0.29) is 12.3 Å². The minimum atomic E-state index is -0.105. The van der Waals surface area contributed by atoms with E-state index >= 15 is 0 Å². The molecule has 1 amide bonds. The SMILES string of the molecule is COc1ccccc1NC(=O)CCOc1ccc(C)cc1. The molecule has 0 heterocycles. The Kier molecular flexibility index (Phi) is 5.21. The zero-order valence-electron chi connectivity index (χ0n) is 12.3. The standard InChI is InChI=1S/C17H19NO3/c1-13-7-9-14(10-8-13)21-12-11-17(19)18-15-5-3-4-6-16(15)20-2/h3-10H,11-12H2,1-2H3,(H,18,19). The molecule has 0 radical (unpaired) electrons. The fourth-order valence-corrected chi connectivity index (χ4v) is 1.86. The number of anilines is 1. The molecule has 0 saturated heterocycles. The van der Waals surface area contributed by atoms with Gasteiger partial charge < -0.3 is 14.8 Å². The van der Waals surface area contributed by atoms with Gasteiger partial charge in [0.1, 0.15) is 11.5 Å². The lowest BCUT2D eigenvalue weighted by molar-refractivity contribution is -0.116. The number of carbonyl (C=O) groups excluding carboxylic acids is 1. The third kappa shape index (κ3) is 4.53. The number of nitrogens with one attached hydrogen (secondary N) is 1.